The summed E-state index contributed by atoms with van der Waals surface area (Å²) < 4.78 is 63.1. The van der Waals surface area contributed by atoms with Gasteiger partial charge in [0, 0.05) is 27.2 Å². The molecule has 81 heavy (non-hydrogen) atoms. The van der Waals surface area contributed by atoms with E-state index in [-0.39, 0.29) is 0 Å². The van der Waals surface area contributed by atoms with Crippen LogP contribution in [0.4, 0.5) is 0 Å². The number of aliphatic hydroxyl groups excluding tert-OH is 17. The van der Waals surface area contributed by atoms with E-state index in [2.05, 4.69) is 16.0 Å². The van der Waals surface area contributed by atoms with Crippen LogP contribution >= 0.6 is 0 Å². The highest BCUT2D eigenvalue weighted by Crippen LogP contribution is 2.39. The van der Waals surface area contributed by atoms with Gasteiger partial charge < -0.3 is 160 Å². The average Bonchev–Trinajstić information content (AvgIpc) is 3.42. The molecule has 6 heterocycles. The van der Waals surface area contributed by atoms with Crippen molar-refractivity contribution in [2.45, 2.75) is 224 Å². The zero-order chi connectivity index (χ0) is 60.3. The summed E-state index contributed by atoms with van der Waals surface area (Å²) in [5, 5.41) is 201. The van der Waals surface area contributed by atoms with Gasteiger partial charge in [-0.2, -0.15) is 0 Å². The third kappa shape index (κ3) is 14.7. The highest BCUT2D eigenvalue weighted by Gasteiger charge is 2.61. The molecular weight excluding hydrogens is 1110 g/mol. The van der Waals surface area contributed by atoms with E-state index in [1.807, 2.05) is 0 Å². The minimum Gasteiger partial charge on any atom is -0.477 e. The molecule has 0 bridgehead atoms. The number of carboxylic acid groups (broad SMARTS) is 1. The second kappa shape index (κ2) is 28.3. The number of nitrogens with one attached hydrogen (secondary N) is 3. The van der Waals surface area contributed by atoms with E-state index < -0.39 is 253 Å². The number of carbonyl (C=O) groups is 4. The quantitative estimate of drug-likeness (QED) is 0.0507. The van der Waals surface area contributed by atoms with E-state index >= 15 is 0 Å². The fourth-order valence-electron chi connectivity index (χ4n) is 10.3. The molecule has 6 aliphatic rings. The Morgan fingerprint density at radius 2 is 1.05 bits per heavy atom. The Labute approximate surface area is 459 Å². The molecule has 0 aromatic rings. The molecule has 6 rings (SSSR count). The summed E-state index contributed by atoms with van der Waals surface area (Å²) in [6.07, 6.45) is -53.9. The van der Waals surface area contributed by atoms with Crippen molar-refractivity contribution in [2.24, 2.45) is 0 Å². The number of amides is 3. The van der Waals surface area contributed by atoms with Crippen molar-refractivity contribution in [3.8, 4) is 0 Å². The van der Waals surface area contributed by atoms with Gasteiger partial charge in [0.05, 0.1) is 51.3 Å². The van der Waals surface area contributed by atoms with Crippen LogP contribution in [0.3, 0.4) is 0 Å². The Morgan fingerprint density at radius 1 is 0.531 bits per heavy atom. The highest BCUT2D eigenvalue weighted by atomic mass is 16.8. The van der Waals surface area contributed by atoms with Crippen molar-refractivity contribution in [1.29, 1.82) is 0 Å². The van der Waals surface area contributed by atoms with Crippen molar-refractivity contribution >= 4 is 23.7 Å². The first-order valence-electron chi connectivity index (χ1n) is 25.6. The Morgan fingerprint density at radius 3 is 1.63 bits per heavy atom. The van der Waals surface area contributed by atoms with Crippen molar-refractivity contribution in [3.63, 3.8) is 0 Å². The average molecular weight is 1190 g/mol. The van der Waals surface area contributed by atoms with Crippen molar-refractivity contribution in [2.75, 3.05) is 33.0 Å². The number of aliphatic carboxylic acids is 1. The van der Waals surface area contributed by atoms with Crippen LogP contribution in [0.5, 0.6) is 0 Å². The van der Waals surface area contributed by atoms with E-state index in [1.54, 1.807) is 0 Å². The smallest absolute Gasteiger partial charge is 0.364 e. The summed E-state index contributed by atoms with van der Waals surface area (Å²) in [6, 6.07) is -5.15. The second-order valence-corrected chi connectivity index (χ2v) is 20.4. The molecule has 6 fully saturated rings. The summed E-state index contributed by atoms with van der Waals surface area (Å²) in [5.41, 5.74) is 0. The van der Waals surface area contributed by atoms with E-state index in [1.165, 1.54) is 6.92 Å². The van der Waals surface area contributed by atoms with Crippen LogP contribution in [0.25, 0.3) is 0 Å². The molecular formula is C45H75N3O33. The molecule has 0 saturated carbocycles. The number of hydrogen-bond donors (Lipinski definition) is 21. The summed E-state index contributed by atoms with van der Waals surface area (Å²) in [4.78, 5) is 50.1. The number of carbonyl (C=O) groups excluding carboxylic acids is 3. The normalized spacial score (nSPS) is 46.7. The number of ether oxygens (including phenoxy) is 11. The number of carboxylic acids is 1. The molecule has 0 radical (unpaired) electrons. The van der Waals surface area contributed by atoms with Gasteiger partial charge in [0.2, 0.25) is 17.7 Å². The Bertz CT molecular complexity index is 2080. The standard InChI is InChI=1S/C45H75N3O33/c1-11-24(58)30(64)32(66)41(72-11)79-38-31(65)26(60)17(7-50)75-43(38)78-35-23(48-14(4)55)39(68)73-20(28(35)62)10-71-40-22(47-13(3)54)29(63)34(19(9-52)76-40)77-42-33(67)37(27(61)18(8-51)74-42)81-45(44(69)70)5-15(56)21(46-12(2)53)36(80-45)25(59)16(57)6-49/h11,15-43,49-52,56-68H,5-10H2,1-4H3,(H,46,53)(H,47,54)(H,48,55)(H,69,70)/t11-,15-,16+,17+,18+,19+,20+,21+,22+,23+,24+,25+,26-,27-,28-,29+,30+,31-,32-,33+,34+,35+,36+,37-,38+,39+,40+,41-,42-,43-,45-/m0/s1. The predicted molar refractivity (Wildman–Crippen MR) is 250 cm³/mol. The first-order valence-corrected chi connectivity index (χ1v) is 25.6. The van der Waals surface area contributed by atoms with Crippen LogP contribution in [-0.4, -0.2) is 338 Å². The van der Waals surface area contributed by atoms with Gasteiger partial charge in [-0.1, -0.05) is 0 Å². The molecule has 6 aliphatic heterocycles. The molecule has 0 aliphatic carbocycles. The summed E-state index contributed by atoms with van der Waals surface area (Å²) in [7, 11) is 0. The lowest BCUT2D eigenvalue weighted by atomic mass is 9.88. The monoisotopic (exact) mass is 1190 g/mol. The van der Waals surface area contributed by atoms with Gasteiger partial charge in [-0.05, 0) is 6.92 Å². The lowest BCUT2D eigenvalue weighted by molar-refractivity contribution is -0.385. The van der Waals surface area contributed by atoms with Crippen LogP contribution in [-0.2, 0) is 71.3 Å². The van der Waals surface area contributed by atoms with Gasteiger partial charge in [0.25, 0.3) is 5.79 Å². The lowest BCUT2D eigenvalue weighted by Crippen LogP contribution is -2.71. The van der Waals surface area contributed by atoms with Gasteiger partial charge in [0.1, 0.15) is 134 Å². The minimum atomic E-state index is -3.19. The van der Waals surface area contributed by atoms with Crippen LogP contribution < -0.4 is 16.0 Å². The van der Waals surface area contributed by atoms with Crippen LogP contribution in [0.15, 0.2) is 0 Å². The zero-order valence-corrected chi connectivity index (χ0v) is 43.7. The minimum absolute atomic E-state index is 0.821. The number of aliphatic hydroxyl groups is 17. The molecule has 0 unspecified atom stereocenters. The Kier molecular flexibility index (Phi) is 23.4. The maximum atomic E-state index is 13.0. The van der Waals surface area contributed by atoms with E-state index in [9.17, 15) is 111 Å². The second-order valence-electron chi connectivity index (χ2n) is 20.4. The molecule has 0 aromatic carbocycles. The summed E-state index contributed by atoms with van der Waals surface area (Å²) in [6.45, 7) is -0.894. The number of rotatable bonds is 21. The first-order chi connectivity index (χ1) is 38.0. The lowest BCUT2D eigenvalue weighted by Gasteiger charge is -2.51. The van der Waals surface area contributed by atoms with Crippen LogP contribution in [0.1, 0.15) is 34.1 Å². The molecule has 21 N–H and O–H groups in total. The van der Waals surface area contributed by atoms with Crippen molar-refractivity contribution < 1.29 is 163 Å². The maximum Gasteiger partial charge on any atom is 0.364 e. The van der Waals surface area contributed by atoms with Crippen LogP contribution in [0, 0.1) is 0 Å². The van der Waals surface area contributed by atoms with Gasteiger partial charge in [0.15, 0.2) is 31.5 Å². The van der Waals surface area contributed by atoms with Crippen LogP contribution in [0.2, 0.25) is 0 Å². The molecule has 0 aromatic heterocycles. The maximum absolute atomic E-state index is 13.0. The predicted octanol–water partition coefficient (Wildman–Crippen LogP) is -13.4. The molecule has 0 spiro atoms. The fourth-order valence-corrected chi connectivity index (χ4v) is 10.3. The Hall–Kier alpha value is -3.24. The van der Waals surface area contributed by atoms with Gasteiger partial charge in [-0.3, -0.25) is 14.4 Å². The third-order valence-electron chi connectivity index (χ3n) is 14.6. The van der Waals surface area contributed by atoms with Gasteiger partial charge in [-0.15, -0.1) is 0 Å². The van der Waals surface area contributed by atoms with Gasteiger partial charge in [-0.25, -0.2) is 4.79 Å². The summed E-state index contributed by atoms with van der Waals surface area (Å²) >= 11 is 0. The molecule has 3 amide bonds. The SMILES string of the molecule is CC(=O)N[C@@H]1[C@@H](O[C@@H]2O[C@H](CO)[C@H](O)[C@H](O)[C@H]2O[C@@H]2O[C@@H](C)[C@@H](O)[C@@H](O)[C@@H]2O)[C@@H](O)[C@@H](CO[C@@H]2O[C@H](CO)[C@@H](O[C@@H]3O[C@H](CO)[C@H](O)[C@H](O[C@]4(C(=O)O)C[C@H](O)[C@@H](NC(C)=O)[C@H]([C@H](O)[C@H](O)CO)O4)[C@H]3O)[C@H](O)[C@H]2NC(C)=O)O[C@H]1O. The summed E-state index contributed by atoms with van der Waals surface area (Å²) in [5.74, 6) is -7.77. The molecule has 36 nitrogen and oxygen atoms in total. The molecule has 6 saturated heterocycles. The first kappa shape index (κ1) is 66.9. The largest absolute Gasteiger partial charge is 0.477 e. The topological polar surface area (TPSA) is 570 Å². The van der Waals surface area contributed by atoms with E-state index in [0.29, 0.717) is 0 Å². The molecule has 468 valence electrons. The highest BCUT2D eigenvalue weighted by molar-refractivity contribution is 5.77. The molecule has 36 heteroatoms. The molecule has 31 atom stereocenters. The fraction of sp³-hybridized carbons (Fsp3) is 0.911. The zero-order valence-electron chi connectivity index (χ0n) is 43.7. The number of hydrogen-bond acceptors (Lipinski definition) is 32. The van der Waals surface area contributed by atoms with Gasteiger partial charge >= 0.3 is 5.97 Å². The van der Waals surface area contributed by atoms with E-state index in [4.69, 9.17) is 52.1 Å². The Balaban J connectivity index is 1.22. The third-order valence-corrected chi connectivity index (χ3v) is 14.6. The van der Waals surface area contributed by atoms with Crippen molar-refractivity contribution in [3.05, 3.63) is 0 Å². The van der Waals surface area contributed by atoms with E-state index in [0.717, 1.165) is 20.8 Å². The van der Waals surface area contributed by atoms with Crippen molar-refractivity contribution in [1.82, 2.24) is 16.0 Å².